The van der Waals surface area contributed by atoms with Crippen molar-refractivity contribution in [1.82, 2.24) is 20.3 Å². The van der Waals surface area contributed by atoms with Crippen LogP contribution in [-0.2, 0) is 11.0 Å². The van der Waals surface area contributed by atoms with Gasteiger partial charge in [0.1, 0.15) is 48.1 Å². The van der Waals surface area contributed by atoms with Crippen LogP contribution >= 0.6 is 0 Å². The van der Waals surface area contributed by atoms with E-state index in [1.54, 1.807) is 0 Å². The van der Waals surface area contributed by atoms with E-state index in [4.69, 9.17) is 9.47 Å². The predicted molar refractivity (Wildman–Crippen MR) is 137 cm³/mol. The first kappa shape index (κ1) is 28.1. The Balaban J connectivity index is 1.57. The van der Waals surface area contributed by atoms with E-state index in [0.29, 0.717) is 10.9 Å². The van der Waals surface area contributed by atoms with Crippen molar-refractivity contribution in [1.29, 1.82) is 0 Å². The molecule has 13 heteroatoms. The van der Waals surface area contributed by atoms with Gasteiger partial charge in [-0.15, -0.1) is 0 Å². The Labute approximate surface area is 230 Å². The summed E-state index contributed by atoms with van der Waals surface area (Å²) in [6.45, 7) is -1.03. The van der Waals surface area contributed by atoms with Crippen molar-refractivity contribution in [3.8, 4) is 22.8 Å². The molecule has 2 aromatic carbocycles. The highest BCUT2D eigenvalue weighted by atomic mass is 19.4. The van der Waals surface area contributed by atoms with Crippen LogP contribution in [-0.4, -0.2) is 59.1 Å². The Hall–Kier alpha value is -4.39. The second-order valence-corrected chi connectivity index (χ2v) is 9.90. The first-order valence-electron chi connectivity index (χ1n) is 12.3. The van der Waals surface area contributed by atoms with E-state index in [1.807, 2.05) is 0 Å². The number of pyridine rings is 1. The quantitative estimate of drug-likeness (QED) is 0.310. The third kappa shape index (κ3) is 4.90. The first-order valence-corrected chi connectivity index (χ1v) is 12.3. The highest BCUT2D eigenvalue weighted by molar-refractivity contribution is 5.99. The summed E-state index contributed by atoms with van der Waals surface area (Å²) < 4.78 is 82.2. The molecule has 0 saturated carbocycles. The molecular formula is C28H23F5N4O4. The van der Waals surface area contributed by atoms with Gasteiger partial charge in [0.2, 0.25) is 5.60 Å². The number of nitrogens with zero attached hydrogens (tertiary/aromatic N) is 3. The molecule has 3 heterocycles. The van der Waals surface area contributed by atoms with Crippen LogP contribution in [0, 0.1) is 5.82 Å². The van der Waals surface area contributed by atoms with Crippen LogP contribution < -0.4 is 14.8 Å². The van der Waals surface area contributed by atoms with Crippen molar-refractivity contribution < 1.29 is 41.3 Å². The molecule has 1 amide bonds. The Morgan fingerprint density at radius 2 is 1.93 bits per heavy atom. The topological polar surface area (TPSA) is 106 Å². The van der Waals surface area contributed by atoms with Gasteiger partial charge in [-0.1, -0.05) is 0 Å². The number of methoxy groups -OCH3 is 1. The monoisotopic (exact) mass is 574 g/mol. The summed E-state index contributed by atoms with van der Waals surface area (Å²) in [6.07, 6.45) is -2.65. The van der Waals surface area contributed by atoms with Gasteiger partial charge in [0, 0.05) is 28.3 Å². The maximum atomic E-state index is 14.6. The molecule has 0 fully saturated rings. The molecule has 0 bridgehead atoms. The first-order chi connectivity index (χ1) is 19.4. The van der Waals surface area contributed by atoms with Crippen LogP contribution in [0.4, 0.5) is 22.0 Å². The molecule has 0 aliphatic carbocycles. The number of fused-ring (bicyclic) bond motifs is 2. The number of aliphatic hydroxyl groups is 1. The third-order valence-electron chi connectivity index (χ3n) is 7.02. The molecule has 5 rings (SSSR count). The lowest BCUT2D eigenvalue weighted by Gasteiger charge is -2.31. The van der Waals surface area contributed by atoms with Gasteiger partial charge >= 0.3 is 6.18 Å². The smallest absolute Gasteiger partial charge is 0.424 e. The zero-order valence-corrected chi connectivity index (χ0v) is 21.7. The van der Waals surface area contributed by atoms with Gasteiger partial charge in [0.05, 0.1) is 24.8 Å². The molecule has 0 radical (unpaired) electrons. The molecule has 8 nitrogen and oxygen atoms in total. The molecule has 2 aromatic heterocycles. The summed E-state index contributed by atoms with van der Waals surface area (Å²) in [5.41, 5.74) is -5.50. The average molecular weight is 575 g/mol. The van der Waals surface area contributed by atoms with Gasteiger partial charge in [-0.2, -0.15) is 13.2 Å². The molecule has 0 saturated heterocycles. The number of nitrogens with one attached hydrogen (secondary N) is 1. The van der Waals surface area contributed by atoms with Crippen molar-refractivity contribution in [2.75, 3.05) is 26.9 Å². The summed E-state index contributed by atoms with van der Waals surface area (Å²) in [7, 11) is 1.34. The SMILES string of the molecule is COc1cc(C(=O)NCC(O)(c2cc3c(c(-c4ccc(F)cc4)n2)OC[C@@]3(C)CF)C(F)(F)F)cc2cncnc12. The Morgan fingerprint density at radius 3 is 2.59 bits per heavy atom. The standard InChI is InChI=1S/C28H23F5N4O4/c1-26(11-29)13-41-24-19(26)9-21(37-23(24)15-3-5-18(30)6-4-15)27(39,28(31,32)33)12-35-25(38)16-7-17-10-34-14-36-22(17)20(8-16)40-2/h3-10,14,39H,11-13H2,1-2H3,(H,35,38)/t26-,27?/m1/s1. The zero-order valence-electron chi connectivity index (χ0n) is 21.7. The van der Waals surface area contributed by atoms with Crippen LogP contribution in [0.5, 0.6) is 11.5 Å². The minimum atomic E-state index is -5.33. The van der Waals surface area contributed by atoms with Gasteiger partial charge < -0.3 is 19.9 Å². The number of amides is 1. The fourth-order valence-electron chi connectivity index (χ4n) is 4.57. The second-order valence-electron chi connectivity index (χ2n) is 9.90. The summed E-state index contributed by atoms with van der Waals surface area (Å²) in [4.78, 5) is 25.0. The van der Waals surface area contributed by atoms with Crippen LogP contribution in [0.3, 0.4) is 0 Å². The number of benzene rings is 2. The molecule has 41 heavy (non-hydrogen) atoms. The van der Waals surface area contributed by atoms with E-state index in [-0.39, 0.29) is 40.5 Å². The number of aromatic nitrogens is 3. The van der Waals surface area contributed by atoms with Crippen molar-refractivity contribution in [3.63, 3.8) is 0 Å². The van der Waals surface area contributed by atoms with Gasteiger partial charge in [-0.25, -0.2) is 23.7 Å². The Kier molecular flexibility index (Phi) is 7.02. The van der Waals surface area contributed by atoms with Crippen molar-refractivity contribution in [3.05, 3.63) is 77.6 Å². The molecule has 214 valence electrons. The molecular weight excluding hydrogens is 551 g/mol. The Morgan fingerprint density at radius 1 is 1.20 bits per heavy atom. The third-order valence-corrected chi connectivity index (χ3v) is 7.02. The van der Waals surface area contributed by atoms with Crippen molar-refractivity contribution >= 4 is 16.8 Å². The van der Waals surface area contributed by atoms with Gasteiger partial charge in [-0.05, 0) is 49.4 Å². The lowest BCUT2D eigenvalue weighted by Crippen LogP contribution is -2.51. The fraction of sp³-hybridized carbons (Fsp3) is 0.286. The van der Waals surface area contributed by atoms with E-state index in [2.05, 4.69) is 20.3 Å². The van der Waals surface area contributed by atoms with Crippen LogP contribution in [0.1, 0.15) is 28.5 Å². The lowest BCUT2D eigenvalue weighted by molar-refractivity contribution is -0.265. The van der Waals surface area contributed by atoms with Crippen LogP contribution in [0.15, 0.2) is 55.0 Å². The minimum Gasteiger partial charge on any atom is -0.494 e. The number of ether oxygens (including phenoxy) is 2. The normalized spacial score (nSPS) is 18.0. The highest BCUT2D eigenvalue weighted by Gasteiger charge is 2.57. The van der Waals surface area contributed by atoms with E-state index >= 15 is 0 Å². The molecule has 0 spiro atoms. The predicted octanol–water partition coefficient (Wildman–Crippen LogP) is 4.64. The van der Waals surface area contributed by atoms with Crippen molar-refractivity contribution in [2.45, 2.75) is 24.1 Å². The zero-order chi connectivity index (χ0) is 29.6. The average Bonchev–Trinajstić information content (AvgIpc) is 3.31. The maximum Gasteiger partial charge on any atom is 0.424 e. The number of rotatable bonds is 7. The van der Waals surface area contributed by atoms with Gasteiger partial charge in [0.25, 0.3) is 5.91 Å². The Bertz CT molecular complexity index is 1630. The number of hydrogen-bond donors (Lipinski definition) is 2. The summed E-state index contributed by atoms with van der Waals surface area (Å²) in [5, 5.41) is 13.7. The number of alkyl halides is 4. The van der Waals surface area contributed by atoms with E-state index in [1.165, 1.54) is 50.8 Å². The molecule has 4 aromatic rings. The second kappa shape index (κ2) is 10.2. The fourth-order valence-corrected chi connectivity index (χ4v) is 4.57. The summed E-state index contributed by atoms with van der Waals surface area (Å²) >= 11 is 0. The number of halogens is 5. The maximum absolute atomic E-state index is 14.6. The van der Waals surface area contributed by atoms with E-state index in [9.17, 15) is 31.9 Å². The molecule has 1 aliphatic rings. The summed E-state index contributed by atoms with van der Waals surface area (Å²) in [5.74, 6) is -1.33. The van der Waals surface area contributed by atoms with Gasteiger partial charge in [0.15, 0.2) is 0 Å². The van der Waals surface area contributed by atoms with E-state index < -0.39 is 47.8 Å². The molecule has 1 aliphatic heterocycles. The van der Waals surface area contributed by atoms with Crippen LogP contribution in [0.2, 0.25) is 0 Å². The summed E-state index contributed by atoms with van der Waals surface area (Å²) in [6, 6.07) is 8.32. The van der Waals surface area contributed by atoms with Gasteiger partial charge in [-0.3, -0.25) is 4.79 Å². The number of hydrogen-bond acceptors (Lipinski definition) is 7. The number of carbonyl (C=O) groups excluding carboxylic acids is 1. The molecule has 2 atom stereocenters. The molecule has 2 N–H and O–H groups in total. The minimum absolute atomic E-state index is 0.0274. The van der Waals surface area contributed by atoms with Crippen molar-refractivity contribution in [2.24, 2.45) is 0 Å². The molecule has 1 unspecified atom stereocenters. The van der Waals surface area contributed by atoms with Crippen LogP contribution in [0.25, 0.3) is 22.2 Å². The number of carbonyl (C=O) groups is 1. The highest BCUT2D eigenvalue weighted by Crippen LogP contribution is 2.48. The lowest BCUT2D eigenvalue weighted by atomic mass is 9.83. The van der Waals surface area contributed by atoms with E-state index in [0.717, 1.165) is 18.2 Å². The largest absolute Gasteiger partial charge is 0.494 e.